The molecule has 0 aliphatic carbocycles. The van der Waals surface area contributed by atoms with Crippen molar-refractivity contribution in [1.29, 1.82) is 0 Å². The third-order valence-corrected chi connectivity index (χ3v) is 4.59. The second-order valence-corrected chi connectivity index (χ2v) is 6.64. The van der Waals surface area contributed by atoms with Gasteiger partial charge in [0, 0.05) is 26.2 Å². The number of aromatic nitrogens is 4. The standard InChI is InChI=1S/C20H25N7/c21-9-11-27(14-20-25-17-7-3-4-8-18(17)26-20)12-10-22-13-19-23-15-5-1-2-6-16(15)24-19/h1-8,22H,9-14,21H2,(H,23,24)(H,25,26). The van der Waals surface area contributed by atoms with Crippen LogP contribution in [-0.2, 0) is 13.1 Å². The number of hydrogen-bond acceptors (Lipinski definition) is 5. The van der Waals surface area contributed by atoms with Crippen LogP contribution in [0.2, 0.25) is 0 Å². The number of nitrogens with zero attached hydrogens (tertiary/aromatic N) is 3. The Morgan fingerprint density at radius 2 is 1.48 bits per heavy atom. The van der Waals surface area contributed by atoms with E-state index in [1.54, 1.807) is 0 Å². The smallest absolute Gasteiger partial charge is 0.121 e. The van der Waals surface area contributed by atoms with E-state index in [2.05, 4.69) is 30.2 Å². The maximum Gasteiger partial charge on any atom is 0.121 e. The van der Waals surface area contributed by atoms with Crippen molar-refractivity contribution in [2.75, 3.05) is 26.2 Å². The van der Waals surface area contributed by atoms with E-state index in [0.29, 0.717) is 6.54 Å². The molecular weight excluding hydrogens is 338 g/mol. The number of nitrogens with two attached hydrogens (primary N) is 1. The highest BCUT2D eigenvalue weighted by Gasteiger charge is 2.09. The van der Waals surface area contributed by atoms with Crippen LogP contribution in [0.4, 0.5) is 0 Å². The molecule has 0 saturated heterocycles. The second kappa shape index (κ2) is 8.30. The van der Waals surface area contributed by atoms with Gasteiger partial charge in [0.2, 0.25) is 0 Å². The number of aromatic amines is 2. The van der Waals surface area contributed by atoms with E-state index in [-0.39, 0.29) is 0 Å². The van der Waals surface area contributed by atoms with Crippen LogP contribution >= 0.6 is 0 Å². The zero-order chi connectivity index (χ0) is 18.5. The van der Waals surface area contributed by atoms with Crippen LogP contribution in [0.3, 0.4) is 0 Å². The van der Waals surface area contributed by atoms with Gasteiger partial charge < -0.3 is 21.0 Å². The van der Waals surface area contributed by atoms with Gasteiger partial charge in [-0.1, -0.05) is 24.3 Å². The SMILES string of the molecule is NCCN(CCNCc1nc2ccccc2[nH]1)Cc1nc2ccccc2[nH]1. The summed E-state index contributed by atoms with van der Waals surface area (Å²) in [6.07, 6.45) is 0. The highest BCUT2D eigenvalue weighted by molar-refractivity contribution is 5.75. The highest BCUT2D eigenvalue weighted by atomic mass is 15.2. The second-order valence-electron chi connectivity index (χ2n) is 6.64. The van der Waals surface area contributed by atoms with Crippen molar-refractivity contribution in [2.45, 2.75) is 13.1 Å². The van der Waals surface area contributed by atoms with Crippen molar-refractivity contribution in [3.63, 3.8) is 0 Å². The average molecular weight is 363 g/mol. The van der Waals surface area contributed by atoms with Crippen molar-refractivity contribution in [3.05, 3.63) is 60.2 Å². The Morgan fingerprint density at radius 1 is 0.852 bits per heavy atom. The molecule has 0 saturated carbocycles. The molecule has 0 amide bonds. The summed E-state index contributed by atoms with van der Waals surface area (Å²) in [6.45, 7) is 4.70. The summed E-state index contributed by atoms with van der Waals surface area (Å²) in [4.78, 5) is 18.3. The summed E-state index contributed by atoms with van der Waals surface area (Å²) in [5, 5.41) is 3.46. The maximum atomic E-state index is 5.79. The summed E-state index contributed by atoms with van der Waals surface area (Å²) in [5.74, 6) is 1.93. The highest BCUT2D eigenvalue weighted by Crippen LogP contribution is 2.12. The van der Waals surface area contributed by atoms with Gasteiger partial charge >= 0.3 is 0 Å². The Hall–Kier alpha value is -2.74. The van der Waals surface area contributed by atoms with Crippen LogP contribution in [0.5, 0.6) is 0 Å². The predicted octanol–water partition coefficient (Wildman–Crippen LogP) is 1.99. The van der Waals surface area contributed by atoms with Crippen molar-refractivity contribution in [2.24, 2.45) is 5.73 Å². The lowest BCUT2D eigenvalue weighted by molar-refractivity contribution is 0.266. The van der Waals surface area contributed by atoms with Crippen LogP contribution in [0.25, 0.3) is 22.1 Å². The Bertz CT molecular complexity index is 938. The van der Waals surface area contributed by atoms with Crippen molar-refractivity contribution >= 4 is 22.1 Å². The molecule has 2 heterocycles. The molecule has 4 aromatic rings. The Kier molecular flexibility index (Phi) is 5.43. The lowest BCUT2D eigenvalue weighted by atomic mass is 10.3. The summed E-state index contributed by atoms with van der Waals surface area (Å²) in [6, 6.07) is 16.2. The predicted molar refractivity (Wildman–Crippen MR) is 108 cm³/mol. The molecule has 5 N–H and O–H groups in total. The first-order valence-corrected chi connectivity index (χ1v) is 9.32. The first-order chi connectivity index (χ1) is 13.3. The number of para-hydroxylation sites is 4. The van der Waals surface area contributed by atoms with Crippen molar-refractivity contribution in [3.8, 4) is 0 Å². The minimum atomic E-state index is 0.629. The number of rotatable bonds is 9. The van der Waals surface area contributed by atoms with Crippen LogP contribution in [0.15, 0.2) is 48.5 Å². The third-order valence-electron chi connectivity index (χ3n) is 4.59. The number of hydrogen-bond donors (Lipinski definition) is 4. The molecule has 0 fully saturated rings. The van der Waals surface area contributed by atoms with E-state index in [1.165, 1.54) is 0 Å². The Labute approximate surface area is 158 Å². The van der Waals surface area contributed by atoms with Crippen molar-refractivity contribution < 1.29 is 0 Å². The van der Waals surface area contributed by atoms with Crippen LogP contribution in [0, 0.1) is 0 Å². The zero-order valence-corrected chi connectivity index (χ0v) is 15.3. The molecule has 0 bridgehead atoms. The maximum absolute atomic E-state index is 5.79. The third kappa shape index (κ3) is 4.33. The molecule has 2 aromatic carbocycles. The largest absolute Gasteiger partial charge is 0.341 e. The van der Waals surface area contributed by atoms with E-state index in [9.17, 15) is 0 Å². The van der Waals surface area contributed by atoms with Gasteiger partial charge in [-0.25, -0.2) is 9.97 Å². The monoisotopic (exact) mass is 363 g/mol. The molecule has 4 rings (SSSR count). The molecule has 0 atom stereocenters. The van der Waals surface area contributed by atoms with E-state index >= 15 is 0 Å². The quantitative estimate of drug-likeness (QED) is 0.341. The normalized spacial score (nSPS) is 11.8. The lowest BCUT2D eigenvalue weighted by Gasteiger charge is -2.20. The molecular formula is C20H25N7. The van der Waals surface area contributed by atoms with E-state index in [1.807, 2.05) is 48.5 Å². The summed E-state index contributed by atoms with van der Waals surface area (Å²) in [7, 11) is 0. The topological polar surface area (TPSA) is 98.7 Å². The Morgan fingerprint density at radius 3 is 2.15 bits per heavy atom. The first-order valence-electron chi connectivity index (χ1n) is 9.32. The summed E-state index contributed by atoms with van der Waals surface area (Å²) < 4.78 is 0. The molecule has 7 heteroatoms. The van der Waals surface area contributed by atoms with Gasteiger partial charge in [0.25, 0.3) is 0 Å². The molecule has 0 spiro atoms. The van der Waals surface area contributed by atoms with Crippen molar-refractivity contribution in [1.82, 2.24) is 30.2 Å². The summed E-state index contributed by atoms with van der Waals surface area (Å²) >= 11 is 0. The van der Waals surface area contributed by atoms with Gasteiger partial charge in [-0.2, -0.15) is 0 Å². The molecule has 7 nitrogen and oxygen atoms in total. The van der Waals surface area contributed by atoms with Gasteiger partial charge in [-0.15, -0.1) is 0 Å². The fraction of sp³-hybridized carbons (Fsp3) is 0.300. The fourth-order valence-corrected chi connectivity index (χ4v) is 3.28. The molecule has 0 aliphatic rings. The minimum absolute atomic E-state index is 0.629. The Balaban J connectivity index is 1.30. The average Bonchev–Trinajstić information content (AvgIpc) is 3.28. The minimum Gasteiger partial charge on any atom is -0.341 e. The van der Waals surface area contributed by atoms with Crippen LogP contribution in [0.1, 0.15) is 11.6 Å². The van der Waals surface area contributed by atoms with Crippen LogP contribution in [-0.4, -0.2) is 51.0 Å². The van der Waals surface area contributed by atoms with E-state index in [4.69, 9.17) is 5.73 Å². The van der Waals surface area contributed by atoms with Gasteiger partial charge in [-0.3, -0.25) is 4.90 Å². The number of H-pyrrole nitrogens is 2. The summed E-state index contributed by atoms with van der Waals surface area (Å²) in [5.41, 5.74) is 9.94. The molecule has 27 heavy (non-hydrogen) atoms. The van der Waals surface area contributed by atoms with Gasteiger partial charge in [0.15, 0.2) is 0 Å². The lowest BCUT2D eigenvalue weighted by Crippen LogP contribution is -2.35. The number of fused-ring (bicyclic) bond motifs is 2. The molecule has 0 aliphatic heterocycles. The number of benzene rings is 2. The molecule has 0 unspecified atom stereocenters. The number of imidazole rings is 2. The molecule has 140 valence electrons. The fourth-order valence-electron chi connectivity index (χ4n) is 3.28. The number of nitrogens with one attached hydrogen (secondary N) is 3. The van der Waals surface area contributed by atoms with E-state index < -0.39 is 0 Å². The zero-order valence-electron chi connectivity index (χ0n) is 15.3. The first kappa shape index (κ1) is 17.7. The van der Waals surface area contributed by atoms with Gasteiger partial charge in [0.05, 0.1) is 35.2 Å². The molecule has 0 radical (unpaired) electrons. The molecule has 2 aromatic heterocycles. The van der Waals surface area contributed by atoms with Gasteiger partial charge in [0.1, 0.15) is 11.6 Å². The van der Waals surface area contributed by atoms with Gasteiger partial charge in [-0.05, 0) is 24.3 Å². The van der Waals surface area contributed by atoms with Crippen LogP contribution < -0.4 is 11.1 Å². The van der Waals surface area contributed by atoms with E-state index in [0.717, 1.165) is 66.4 Å².